The Labute approximate surface area is 88.9 Å². The minimum atomic E-state index is -0.361. The predicted molar refractivity (Wildman–Crippen MR) is 54.9 cm³/mol. The Morgan fingerprint density at radius 3 is 2.79 bits per heavy atom. The van der Waals surface area contributed by atoms with Gasteiger partial charge in [0.05, 0.1) is 0 Å². The molecular weight excluding hydrogens is 225 g/mol. The van der Waals surface area contributed by atoms with Crippen LogP contribution in [0.15, 0.2) is 10.9 Å². The number of H-pyrrole nitrogens is 1. The maximum atomic E-state index is 11.4. The van der Waals surface area contributed by atoms with Crippen molar-refractivity contribution >= 4 is 34.1 Å². The Morgan fingerprint density at radius 1 is 1.36 bits per heavy atom. The summed E-state index contributed by atoms with van der Waals surface area (Å²) in [5, 5.41) is 0.920. The molecule has 0 spiro atoms. The van der Waals surface area contributed by atoms with Gasteiger partial charge in [-0.1, -0.05) is 23.2 Å². The van der Waals surface area contributed by atoms with E-state index < -0.39 is 0 Å². The largest absolute Gasteiger partial charge is 0.311 e. The van der Waals surface area contributed by atoms with Crippen LogP contribution in [-0.2, 0) is 0 Å². The zero-order valence-electron chi connectivity index (χ0n) is 7.14. The number of hydrogen-bond donors (Lipinski definition) is 1. The molecule has 2 rings (SSSR count). The summed E-state index contributed by atoms with van der Waals surface area (Å²) in [6, 6.07) is 1.53. The first kappa shape index (κ1) is 9.43. The van der Waals surface area contributed by atoms with Gasteiger partial charge in [0, 0.05) is 5.39 Å². The molecule has 0 unspecified atom stereocenters. The first-order valence-corrected chi connectivity index (χ1v) is 4.56. The molecule has 0 fully saturated rings. The number of nitrogens with zero attached hydrogens (tertiary/aromatic N) is 2. The van der Waals surface area contributed by atoms with Gasteiger partial charge in [0.25, 0.3) is 5.56 Å². The number of fused-ring (bicyclic) bond motifs is 1. The van der Waals surface area contributed by atoms with Gasteiger partial charge in [-0.05, 0) is 13.0 Å². The highest BCUT2D eigenvalue weighted by Crippen LogP contribution is 2.19. The lowest BCUT2D eigenvalue weighted by atomic mass is 10.3. The van der Waals surface area contributed by atoms with E-state index in [-0.39, 0.29) is 21.4 Å². The third-order valence-corrected chi connectivity index (χ3v) is 2.22. The molecule has 0 amide bonds. The Balaban J connectivity index is 3.02. The third kappa shape index (κ3) is 1.47. The summed E-state index contributed by atoms with van der Waals surface area (Å²) < 4.78 is 0. The molecule has 0 radical (unpaired) electrons. The summed E-state index contributed by atoms with van der Waals surface area (Å²) in [6.07, 6.45) is 0. The fourth-order valence-electron chi connectivity index (χ4n) is 1.18. The van der Waals surface area contributed by atoms with Gasteiger partial charge in [-0.2, -0.15) is 0 Å². The van der Waals surface area contributed by atoms with Crippen molar-refractivity contribution < 1.29 is 0 Å². The fraction of sp³-hybridized carbons (Fsp3) is 0.125. The number of aromatic amines is 1. The molecule has 2 aromatic rings. The molecule has 1 N–H and O–H groups in total. The van der Waals surface area contributed by atoms with Crippen LogP contribution >= 0.6 is 23.2 Å². The van der Waals surface area contributed by atoms with E-state index in [9.17, 15) is 4.79 Å². The van der Waals surface area contributed by atoms with E-state index in [4.69, 9.17) is 23.2 Å². The number of halogens is 2. The molecular formula is C8H5Cl2N3O. The van der Waals surface area contributed by atoms with Crippen molar-refractivity contribution in [1.82, 2.24) is 15.0 Å². The fourth-order valence-corrected chi connectivity index (χ4v) is 1.64. The zero-order valence-corrected chi connectivity index (χ0v) is 8.65. The molecule has 4 nitrogen and oxygen atoms in total. The smallest absolute Gasteiger partial charge is 0.275 e. The van der Waals surface area contributed by atoms with Gasteiger partial charge >= 0.3 is 0 Å². The molecule has 0 aliphatic carbocycles. The topological polar surface area (TPSA) is 58.6 Å². The summed E-state index contributed by atoms with van der Waals surface area (Å²) in [4.78, 5) is 21.7. The highest BCUT2D eigenvalue weighted by Gasteiger charge is 2.07. The molecule has 72 valence electrons. The van der Waals surface area contributed by atoms with Crippen molar-refractivity contribution in [2.24, 2.45) is 0 Å². The summed E-state index contributed by atoms with van der Waals surface area (Å²) in [5.74, 6) is 0.454. The molecule has 0 bridgehead atoms. The second-order valence-corrected chi connectivity index (χ2v) is 3.54. The maximum absolute atomic E-state index is 11.4. The molecule has 0 saturated carbocycles. The Kier molecular flexibility index (Phi) is 2.17. The van der Waals surface area contributed by atoms with E-state index >= 15 is 0 Å². The summed E-state index contributed by atoms with van der Waals surface area (Å²) in [7, 11) is 0. The maximum Gasteiger partial charge on any atom is 0.275 e. The van der Waals surface area contributed by atoms with Crippen molar-refractivity contribution in [2.75, 3.05) is 0 Å². The van der Waals surface area contributed by atoms with Gasteiger partial charge in [-0.25, -0.2) is 9.97 Å². The lowest BCUT2D eigenvalue weighted by molar-refractivity contribution is 1.08. The first-order chi connectivity index (χ1) is 6.58. The number of aryl methyl sites for hydroxylation is 1. The van der Waals surface area contributed by atoms with Crippen LogP contribution in [-0.4, -0.2) is 15.0 Å². The second-order valence-electron chi connectivity index (χ2n) is 2.77. The average Bonchev–Trinajstić information content (AvgIpc) is 2.07. The minimum absolute atomic E-state index is 0.219. The number of pyridine rings is 1. The molecule has 2 aromatic heterocycles. The number of hydrogen-bond acceptors (Lipinski definition) is 3. The molecule has 14 heavy (non-hydrogen) atoms. The zero-order chi connectivity index (χ0) is 10.3. The summed E-state index contributed by atoms with van der Waals surface area (Å²) in [5.41, 5.74) is -0.105. The third-order valence-electron chi connectivity index (χ3n) is 1.73. The van der Waals surface area contributed by atoms with Gasteiger partial charge < -0.3 is 4.98 Å². The van der Waals surface area contributed by atoms with Crippen LogP contribution in [0, 0.1) is 6.92 Å². The summed E-state index contributed by atoms with van der Waals surface area (Å²) in [6.45, 7) is 1.67. The number of aromatic nitrogens is 3. The normalized spacial score (nSPS) is 10.8. The van der Waals surface area contributed by atoms with Crippen LogP contribution in [0.5, 0.6) is 0 Å². The average molecular weight is 230 g/mol. The monoisotopic (exact) mass is 229 g/mol. The van der Waals surface area contributed by atoms with Gasteiger partial charge in [0.2, 0.25) is 0 Å². The van der Waals surface area contributed by atoms with Gasteiger partial charge in [-0.3, -0.25) is 4.79 Å². The predicted octanol–water partition coefficient (Wildman–Crippen LogP) is 1.93. The Morgan fingerprint density at radius 2 is 2.07 bits per heavy atom. The van der Waals surface area contributed by atoms with E-state index in [0.29, 0.717) is 11.2 Å². The second kappa shape index (κ2) is 3.22. The van der Waals surface area contributed by atoms with Crippen LogP contribution < -0.4 is 5.56 Å². The lowest BCUT2D eigenvalue weighted by Crippen LogP contribution is -2.09. The number of nitrogens with one attached hydrogen (secondary N) is 1. The van der Waals surface area contributed by atoms with Crippen LogP contribution in [0.25, 0.3) is 10.9 Å². The van der Waals surface area contributed by atoms with Gasteiger partial charge in [-0.15, -0.1) is 0 Å². The van der Waals surface area contributed by atoms with E-state index in [0.717, 1.165) is 0 Å². The SMILES string of the molecule is Cc1nc(Cl)c2cc(Cl)[nH]c(=O)c2n1. The van der Waals surface area contributed by atoms with Crippen molar-refractivity contribution in [3.05, 3.63) is 32.6 Å². The highest BCUT2D eigenvalue weighted by atomic mass is 35.5. The molecule has 0 aliphatic heterocycles. The molecule has 2 heterocycles. The van der Waals surface area contributed by atoms with E-state index in [1.807, 2.05) is 0 Å². The van der Waals surface area contributed by atoms with Crippen LogP contribution in [0.2, 0.25) is 10.3 Å². The van der Waals surface area contributed by atoms with Crippen LogP contribution in [0.4, 0.5) is 0 Å². The van der Waals surface area contributed by atoms with Gasteiger partial charge in [0.1, 0.15) is 21.6 Å². The van der Waals surface area contributed by atoms with Crippen LogP contribution in [0.3, 0.4) is 0 Å². The van der Waals surface area contributed by atoms with E-state index in [1.54, 1.807) is 6.92 Å². The number of rotatable bonds is 0. The molecule has 6 heteroatoms. The standard InChI is InChI=1S/C8H5Cl2N3O/c1-3-11-6-4(7(10)12-3)2-5(9)13-8(6)14/h2H,1H3,(H,13,14). The minimum Gasteiger partial charge on any atom is -0.311 e. The van der Waals surface area contributed by atoms with Crippen molar-refractivity contribution in [3.8, 4) is 0 Å². The molecule has 0 aromatic carbocycles. The van der Waals surface area contributed by atoms with E-state index in [1.165, 1.54) is 6.07 Å². The molecule has 0 saturated heterocycles. The van der Waals surface area contributed by atoms with Crippen molar-refractivity contribution in [3.63, 3.8) is 0 Å². The van der Waals surface area contributed by atoms with Crippen molar-refractivity contribution in [1.29, 1.82) is 0 Å². The quantitative estimate of drug-likeness (QED) is 0.555. The first-order valence-electron chi connectivity index (χ1n) is 3.80. The van der Waals surface area contributed by atoms with E-state index in [2.05, 4.69) is 15.0 Å². The van der Waals surface area contributed by atoms with Crippen molar-refractivity contribution in [2.45, 2.75) is 6.92 Å². The highest BCUT2D eigenvalue weighted by molar-refractivity contribution is 6.35. The Bertz CT molecular complexity index is 564. The molecule has 0 aliphatic rings. The Hall–Kier alpha value is -1.13. The molecule has 0 atom stereocenters. The lowest BCUT2D eigenvalue weighted by Gasteiger charge is -2.00. The summed E-state index contributed by atoms with van der Waals surface area (Å²) >= 11 is 11.5. The van der Waals surface area contributed by atoms with Crippen LogP contribution in [0.1, 0.15) is 5.82 Å². The van der Waals surface area contributed by atoms with Gasteiger partial charge in [0.15, 0.2) is 0 Å².